The number of fused-ring (bicyclic) bond motifs is 1. The molecule has 0 unspecified atom stereocenters. The van der Waals surface area contributed by atoms with Gasteiger partial charge in [0.05, 0.1) is 5.69 Å². The van der Waals surface area contributed by atoms with Gasteiger partial charge in [0.15, 0.2) is 5.17 Å². The van der Waals surface area contributed by atoms with Crippen molar-refractivity contribution < 1.29 is 8.42 Å². The summed E-state index contributed by atoms with van der Waals surface area (Å²) in [5, 5.41) is 3.39. The lowest BCUT2D eigenvalue weighted by molar-refractivity contribution is 0.598. The van der Waals surface area contributed by atoms with E-state index in [0.29, 0.717) is 16.6 Å². The minimum absolute atomic E-state index is 0.237. The topological polar surface area (TPSA) is 58.5 Å². The zero-order valence-electron chi connectivity index (χ0n) is 9.30. The lowest BCUT2D eigenvalue weighted by atomic mass is 10.2. The molecule has 0 fully saturated rings. The van der Waals surface area contributed by atoms with Crippen LogP contribution in [-0.4, -0.2) is 19.3 Å². The van der Waals surface area contributed by atoms with Crippen LogP contribution in [0.1, 0.15) is 5.56 Å². The van der Waals surface area contributed by atoms with Crippen molar-refractivity contribution in [3.8, 4) is 0 Å². The van der Waals surface area contributed by atoms with Crippen molar-refractivity contribution in [3.05, 3.63) is 36.4 Å². The van der Waals surface area contributed by atoms with Gasteiger partial charge in [-0.2, -0.15) is 8.42 Å². The highest BCUT2D eigenvalue weighted by Gasteiger charge is 2.24. The highest BCUT2D eigenvalue weighted by atomic mass is 32.2. The molecule has 4 nitrogen and oxygen atoms in total. The molecule has 0 amide bonds. The number of rotatable bonds is 2. The molecular formula is C11H12N2O2S2. The predicted octanol–water partition coefficient (Wildman–Crippen LogP) is 2.38. The first-order chi connectivity index (χ1) is 8.03. The molecule has 17 heavy (non-hydrogen) atoms. The van der Waals surface area contributed by atoms with Gasteiger partial charge in [0, 0.05) is 5.75 Å². The summed E-state index contributed by atoms with van der Waals surface area (Å²) in [6, 6.07) is 5.24. The molecular weight excluding hydrogens is 256 g/mol. The number of amidine groups is 1. The summed E-state index contributed by atoms with van der Waals surface area (Å²) in [5.74, 6) is 0.614. The number of anilines is 1. The molecule has 2 rings (SSSR count). The number of thioether (sulfide) groups is 1. The van der Waals surface area contributed by atoms with Crippen molar-refractivity contribution in [2.24, 2.45) is 4.40 Å². The summed E-state index contributed by atoms with van der Waals surface area (Å²) in [7, 11) is -3.57. The Hall–Kier alpha value is -1.27. The predicted molar refractivity (Wildman–Crippen MR) is 72.1 cm³/mol. The van der Waals surface area contributed by atoms with Gasteiger partial charge in [-0.15, -0.1) is 11.0 Å². The van der Waals surface area contributed by atoms with Crippen molar-refractivity contribution >= 4 is 32.6 Å². The van der Waals surface area contributed by atoms with Gasteiger partial charge in [0.2, 0.25) is 0 Å². The number of hydrogen-bond acceptors (Lipinski definition) is 4. The maximum atomic E-state index is 11.9. The standard InChI is InChI=1S/C11H12N2O2S2/c1-3-6-16-11-12-9-5-4-8(2)7-10(9)17(14,15)13-11/h3-5,7H,1,6H2,2H3,(H,12,13). The maximum absolute atomic E-state index is 11.9. The van der Waals surface area contributed by atoms with E-state index in [1.54, 1.807) is 18.2 Å². The Labute approximate surface area is 105 Å². The summed E-state index contributed by atoms with van der Waals surface area (Å²) in [6.07, 6.45) is 1.70. The average Bonchev–Trinajstić information content (AvgIpc) is 2.27. The number of benzene rings is 1. The van der Waals surface area contributed by atoms with E-state index in [4.69, 9.17) is 0 Å². The molecule has 0 atom stereocenters. The third kappa shape index (κ3) is 2.53. The third-order valence-electron chi connectivity index (χ3n) is 2.20. The molecule has 1 aliphatic rings. The number of nitrogens with one attached hydrogen (secondary N) is 1. The Balaban J connectivity index is 2.43. The quantitative estimate of drug-likeness (QED) is 0.837. The normalized spacial score (nSPS) is 16.6. The van der Waals surface area contributed by atoms with Crippen LogP contribution in [0.4, 0.5) is 5.69 Å². The molecule has 6 heteroatoms. The minimum atomic E-state index is -3.57. The van der Waals surface area contributed by atoms with Crippen molar-refractivity contribution in [2.45, 2.75) is 11.8 Å². The fraction of sp³-hybridized carbons (Fsp3) is 0.182. The maximum Gasteiger partial charge on any atom is 0.286 e. The van der Waals surface area contributed by atoms with E-state index >= 15 is 0 Å². The van der Waals surface area contributed by atoms with Gasteiger partial charge in [-0.1, -0.05) is 23.9 Å². The molecule has 0 saturated carbocycles. The molecule has 0 radical (unpaired) electrons. The molecule has 1 aromatic carbocycles. The molecule has 1 N–H and O–H groups in total. The van der Waals surface area contributed by atoms with E-state index in [1.807, 2.05) is 13.0 Å². The monoisotopic (exact) mass is 268 g/mol. The Morgan fingerprint density at radius 1 is 1.53 bits per heavy atom. The smallest absolute Gasteiger partial charge is 0.286 e. The zero-order valence-corrected chi connectivity index (χ0v) is 10.9. The van der Waals surface area contributed by atoms with Crippen LogP contribution in [-0.2, 0) is 10.0 Å². The third-order valence-corrected chi connectivity index (χ3v) is 4.50. The van der Waals surface area contributed by atoms with E-state index in [-0.39, 0.29) is 4.90 Å². The van der Waals surface area contributed by atoms with Crippen LogP contribution in [0.2, 0.25) is 0 Å². The molecule has 0 spiro atoms. The summed E-state index contributed by atoms with van der Waals surface area (Å²) in [6.45, 7) is 5.43. The lowest BCUT2D eigenvalue weighted by Crippen LogP contribution is -2.19. The number of sulfonamides is 1. The second-order valence-electron chi connectivity index (χ2n) is 3.60. The molecule has 0 aromatic heterocycles. The Morgan fingerprint density at radius 2 is 2.29 bits per heavy atom. The molecule has 0 saturated heterocycles. The summed E-state index contributed by atoms with van der Waals surface area (Å²) in [4.78, 5) is 0.237. The highest BCUT2D eigenvalue weighted by Crippen LogP contribution is 2.30. The van der Waals surface area contributed by atoms with Gasteiger partial charge < -0.3 is 5.32 Å². The molecule has 0 bridgehead atoms. The van der Waals surface area contributed by atoms with Gasteiger partial charge in [0.25, 0.3) is 10.0 Å². The van der Waals surface area contributed by atoms with Crippen LogP contribution in [0.25, 0.3) is 0 Å². The Morgan fingerprint density at radius 3 is 3.00 bits per heavy atom. The van der Waals surface area contributed by atoms with E-state index in [1.165, 1.54) is 11.8 Å². The van der Waals surface area contributed by atoms with Gasteiger partial charge in [0.1, 0.15) is 4.90 Å². The second-order valence-corrected chi connectivity index (χ2v) is 6.18. The van der Waals surface area contributed by atoms with Crippen molar-refractivity contribution in [3.63, 3.8) is 0 Å². The first kappa shape index (κ1) is 12.2. The van der Waals surface area contributed by atoms with Crippen LogP contribution in [0.3, 0.4) is 0 Å². The summed E-state index contributed by atoms with van der Waals surface area (Å²) >= 11 is 1.31. The fourth-order valence-electron chi connectivity index (χ4n) is 1.44. The second kappa shape index (κ2) is 4.54. The summed E-state index contributed by atoms with van der Waals surface area (Å²) in [5.41, 5.74) is 1.48. The lowest BCUT2D eigenvalue weighted by Gasteiger charge is -2.17. The van der Waals surface area contributed by atoms with E-state index in [0.717, 1.165) is 5.56 Å². The Bertz CT molecular complexity index is 591. The van der Waals surface area contributed by atoms with Crippen LogP contribution < -0.4 is 5.32 Å². The first-order valence-electron chi connectivity index (χ1n) is 4.99. The van der Waals surface area contributed by atoms with Gasteiger partial charge in [-0.25, -0.2) is 0 Å². The van der Waals surface area contributed by atoms with Crippen LogP contribution in [0.15, 0.2) is 40.1 Å². The van der Waals surface area contributed by atoms with E-state index in [2.05, 4.69) is 16.3 Å². The highest BCUT2D eigenvalue weighted by molar-refractivity contribution is 8.15. The molecule has 1 heterocycles. The van der Waals surface area contributed by atoms with Crippen molar-refractivity contribution in [1.82, 2.24) is 0 Å². The van der Waals surface area contributed by atoms with E-state index < -0.39 is 10.0 Å². The van der Waals surface area contributed by atoms with Gasteiger partial charge >= 0.3 is 0 Å². The van der Waals surface area contributed by atoms with Gasteiger partial charge in [-0.3, -0.25) is 0 Å². The average molecular weight is 268 g/mol. The minimum Gasteiger partial charge on any atom is -0.333 e. The first-order valence-corrected chi connectivity index (χ1v) is 7.42. The molecule has 1 aromatic rings. The molecule has 1 aliphatic heterocycles. The number of aryl methyl sites for hydroxylation is 1. The molecule has 90 valence electrons. The van der Waals surface area contributed by atoms with Crippen molar-refractivity contribution in [1.29, 1.82) is 0 Å². The van der Waals surface area contributed by atoms with E-state index in [9.17, 15) is 8.42 Å². The van der Waals surface area contributed by atoms with Crippen LogP contribution in [0, 0.1) is 6.92 Å². The largest absolute Gasteiger partial charge is 0.333 e. The fourth-order valence-corrected chi connectivity index (χ4v) is 3.50. The number of hydrogen-bond donors (Lipinski definition) is 1. The van der Waals surface area contributed by atoms with Crippen LogP contribution in [0.5, 0.6) is 0 Å². The van der Waals surface area contributed by atoms with Gasteiger partial charge in [-0.05, 0) is 24.6 Å². The van der Waals surface area contributed by atoms with Crippen molar-refractivity contribution in [2.75, 3.05) is 11.1 Å². The number of nitrogens with zero attached hydrogens (tertiary/aromatic N) is 1. The molecule has 0 aliphatic carbocycles. The summed E-state index contributed by atoms with van der Waals surface area (Å²) < 4.78 is 27.6. The Kier molecular flexibility index (Phi) is 3.26. The zero-order chi connectivity index (χ0) is 12.5. The SMILES string of the molecule is C=CCSC1=NS(=O)(=O)c2cc(C)ccc2N1. The van der Waals surface area contributed by atoms with Crippen LogP contribution >= 0.6 is 11.8 Å².